The molecule has 0 saturated carbocycles. The summed E-state index contributed by atoms with van der Waals surface area (Å²) in [6, 6.07) is 10.7. The molecule has 0 radical (unpaired) electrons. The van der Waals surface area contributed by atoms with Crippen molar-refractivity contribution in [3.8, 4) is 17.2 Å². The number of ether oxygens (including phenoxy) is 2. The average molecular weight is 260 g/mol. The van der Waals surface area contributed by atoms with E-state index in [1.54, 1.807) is 18.2 Å². The van der Waals surface area contributed by atoms with Gasteiger partial charge in [-0.15, -0.1) is 0 Å². The molecule has 0 saturated heterocycles. The van der Waals surface area contributed by atoms with Crippen molar-refractivity contribution in [2.75, 3.05) is 7.11 Å². The molecule has 98 valence electrons. The highest BCUT2D eigenvalue weighted by molar-refractivity contribution is 5.99. The normalized spacial score (nSPS) is 10.1. The Morgan fingerprint density at radius 2 is 1.68 bits per heavy atom. The molecule has 0 N–H and O–H groups in total. The number of hydrogen-bond donors (Lipinski definition) is 0. The van der Waals surface area contributed by atoms with Gasteiger partial charge in [0.15, 0.2) is 5.78 Å². The molecule has 0 unspecified atom stereocenters. The van der Waals surface area contributed by atoms with Gasteiger partial charge >= 0.3 is 0 Å². The highest BCUT2D eigenvalue weighted by Crippen LogP contribution is 2.32. The van der Waals surface area contributed by atoms with Gasteiger partial charge in [-0.1, -0.05) is 6.07 Å². The lowest BCUT2D eigenvalue weighted by atomic mass is 10.1. The number of carbonyl (C=O) groups is 1. The molecule has 0 heterocycles. The number of carbonyl (C=O) groups excluding carboxylic acids is 1. The van der Waals surface area contributed by atoms with E-state index in [1.165, 1.54) is 38.3 Å². The maximum atomic E-state index is 12.8. The van der Waals surface area contributed by atoms with Gasteiger partial charge in [0.25, 0.3) is 0 Å². The van der Waals surface area contributed by atoms with Crippen molar-refractivity contribution in [2.24, 2.45) is 0 Å². The topological polar surface area (TPSA) is 35.5 Å². The number of benzene rings is 2. The van der Waals surface area contributed by atoms with Crippen LogP contribution in [0.1, 0.15) is 17.3 Å². The molecule has 0 spiro atoms. The first-order chi connectivity index (χ1) is 9.11. The molecule has 0 aliphatic rings. The van der Waals surface area contributed by atoms with Crippen molar-refractivity contribution >= 4 is 5.78 Å². The molecule has 0 fully saturated rings. The average Bonchev–Trinajstić information content (AvgIpc) is 2.40. The largest absolute Gasteiger partial charge is 0.496 e. The lowest BCUT2D eigenvalue weighted by Crippen LogP contribution is -2.00. The standard InChI is InChI=1S/C15H13FO3/c1-10(17)15-13(18-2)4-3-5-14(15)19-12-8-6-11(16)7-9-12/h3-9H,1-2H3. The fraction of sp³-hybridized carbons (Fsp3) is 0.133. The number of halogens is 1. The Morgan fingerprint density at radius 1 is 1.05 bits per heavy atom. The minimum absolute atomic E-state index is 0.158. The Balaban J connectivity index is 2.39. The van der Waals surface area contributed by atoms with Crippen molar-refractivity contribution in [3.63, 3.8) is 0 Å². The van der Waals surface area contributed by atoms with Crippen LogP contribution in [0, 0.1) is 5.82 Å². The molecule has 0 aromatic heterocycles. The Bertz CT molecular complexity index is 591. The van der Waals surface area contributed by atoms with Crippen molar-refractivity contribution in [3.05, 3.63) is 53.8 Å². The van der Waals surface area contributed by atoms with Crippen molar-refractivity contribution in [1.82, 2.24) is 0 Å². The molecule has 2 aromatic carbocycles. The zero-order valence-electron chi connectivity index (χ0n) is 10.6. The third-order valence-corrected chi connectivity index (χ3v) is 2.60. The molecule has 0 aliphatic heterocycles. The van der Waals surface area contributed by atoms with Gasteiger partial charge in [0.1, 0.15) is 28.6 Å². The van der Waals surface area contributed by atoms with E-state index in [0.717, 1.165) is 0 Å². The quantitative estimate of drug-likeness (QED) is 0.784. The molecule has 19 heavy (non-hydrogen) atoms. The number of Topliss-reactive ketones (excluding diaryl/α,β-unsaturated/α-hetero) is 1. The molecule has 2 rings (SSSR count). The molecule has 3 nitrogen and oxygen atoms in total. The first-order valence-corrected chi connectivity index (χ1v) is 5.73. The number of rotatable bonds is 4. The maximum absolute atomic E-state index is 12.8. The molecule has 0 aliphatic carbocycles. The van der Waals surface area contributed by atoms with E-state index in [9.17, 15) is 9.18 Å². The van der Waals surface area contributed by atoms with Gasteiger partial charge in [0.2, 0.25) is 0 Å². The summed E-state index contributed by atoms with van der Waals surface area (Å²) in [5.74, 6) is 0.794. The summed E-state index contributed by atoms with van der Waals surface area (Å²) in [6.45, 7) is 1.44. The molecule has 2 aromatic rings. The second-order valence-corrected chi connectivity index (χ2v) is 3.95. The van der Waals surface area contributed by atoms with Crippen LogP contribution in [-0.2, 0) is 0 Å². The third-order valence-electron chi connectivity index (χ3n) is 2.60. The fourth-order valence-electron chi connectivity index (χ4n) is 1.74. The Labute approximate surface area is 110 Å². The highest BCUT2D eigenvalue weighted by atomic mass is 19.1. The van der Waals surface area contributed by atoms with E-state index in [4.69, 9.17) is 9.47 Å². The van der Waals surface area contributed by atoms with E-state index in [0.29, 0.717) is 22.8 Å². The first-order valence-electron chi connectivity index (χ1n) is 5.73. The molecule has 0 bridgehead atoms. The minimum atomic E-state index is -0.343. The number of methoxy groups -OCH3 is 1. The summed E-state index contributed by atoms with van der Waals surface area (Å²) in [5.41, 5.74) is 0.370. The van der Waals surface area contributed by atoms with Crippen molar-refractivity contribution in [2.45, 2.75) is 6.92 Å². The van der Waals surface area contributed by atoms with E-state index in [2.05, 4.69) is 0 Å². The predicted octanol–water partition coefficient (Wildman–Crippen LogP) is 3.83. The lowest BCUT2D eigenvalue weighted by molar-refractivity contribution is 0.101. The second kappa shape index (κ2) is 5.52. The van der Waals surface area contributed by atoms with Crippen LogP contribution in [0.4, 0.5) is 4.39 Å². The predicted molar refractivity (Wildman–Crippen MR) is 69.5 cm³/mol. The zero-order valence-corrected chi connectivity index (χ0v) is 10.6. The fourth-order valence-corrected chi connectivity index (χ4v) is 1.74. The number of ketones is 1. The first kappa shape index (κ1) is 13.1. The Hall–Kier alpha value is -2.36. The SMILES string of the molecule is COc1cccc(Oc2ccc(F)cc2)c1C(C)=O. The van der Waals surface area contributed by atoms with Gasteiger partial charge in [-0.05, 0) is 43.3 Å². The van der Waals surface area contributed by atoms with Crippen molar-refractivity contribution < 1.29 is 18.7 Å². The molecular formula is C15H13FO3. The summed E-state index contributed by atoms with van der Waals surface area (Å²) < 4.78 is 23.6. The van der Waals surface area contributed by atoms with Crippen LogP contribution in [0.15, 0.2) is 42.5 Å². The summed E-state index contributed by atoms with van der Waals surface area (Å²) >= 11 is 0. The van der Waals surface area contributed by atoms with Gasteiger partial charge in [0, 0.05) is 0 Å². The van der Waals surface area contributed by atoms with Crippen LogP contribution in [0.25, 0.3) is 0 Å². The molecule has 0 atom stereocenters. The summed E-state index contributed by atoms with van der Waals surface area (Å²) in [6.07, 6.45) is 0. The molecular weight excluding hydrogens is 247 g/mol. The van der Waals surface area contributed by atoms with Crippen LogP contribution >= 0.6 is 0 Å². The van der Waals surface area contributed by atoms with Crippen LogP contribution in [-0.4, -0.2) is 12.9 Å². The van der Waals surface area contributed by atoms with E-state index >= 15 is 0 Å². The minimum Gasteiger partial charge on any atom is -0.496 e. The molecule has 0 amide bonds. The van der Waals surface area contributed by atoms with Crippen LogP contribution < -0.4 is 9.47 Å². The van der Waals surface area contributed by atoms with Gasteiger partial charge in [-0.3, -0.25) is 4.79 Å². The smallest absolute Gasteiger partial charge is 0.167 e. The monoisotopic (exact) mass is 260 g/mol. The maximum Gasteiger partial charge on any atom is 0.167 e. The van der Waals surface area contributed by atoms with Crippen LogP contribution in [0.2, 0.25) is 0 Å². The second-order valence-electron chi connectivity index (χ2n) is 3.95. The Kier molecular flexibility index (Phi) is 3.80. The van der Waals surface area contributed by atoms with E-state index < -0.39 is 0 Å². The van der Waals surface area contributed by atoms with Gasteiger partial charge in [-0.2, -0.15) is 0 Å². The van der Waals surface area contributed by atoms with Crippen LogP contribution in [0.3, 0.4) is 0 Å². The van der Waals surface area contributed by atoms with Gasteiger partial charge in [-0.25, -0.2) is 4.39 Å². The third kappa shape index (κ3) is 2.91. The number of hydrogen-bond acceptors (Lipinski definition) is 3. The van der Waals surface area contributed by atoms with Gasteiger partial charge in [0.05, 0.1) is 7.11 Å². The lowest BCUT2D eigenvalue weighted by Gasteiger charge is -2.12. The summed E-state index contributed by atoms with van der Waals surface area (Å²) in [5, 5.41) is 0. The van der Waals surface area contributed by atoms with Gasteiger partial charge < -0.3 is 9.47 Å². The summed E-state index contributed by atoms with van der Waals surface area (Å²) in [4.78, 5) is 11.7. The van der Waals surface area contributed by atoms with Crippen LogP contribution in [0.5, 0.6) is 17.2 Å². The highest BCUT2D eigenvalue weighted by Gasteiger charge is 2.15. The van der Waals surface area contributed by atoms with E-state index in [-0.39, 0.29) is 11.6 Å². The summed E-state index contributed by atoms with van der Waals surface area (Å²) in [7, 11) is 1.49. The zero-order chi connectivity index (χ0) is 13.8. The Morgan fingerprint density at radius 3 is 2.26 bits per heavy atom. The molecule has 4 heteroatoms. The van der Waals surface area contributed by atoms with E-state index in [1.807, 2.05) is 0 Å². The van der Waals surface area contributed by atoms with Crippen molar-refractivity contribution in [1.29, 1.82) is 0 Å².